The lowest BCUT2D eigenvalue weighted by molar-refractivity contribution is -0.138. The highest BCUT2D eigenvalue weighted by Gasteiger charge is 2.11. The molecule has 106 valence electrons. The normalized spacial score (nSPS) is 11.5. The summed E-state index contributed by atoms with van der Waals surface area (Å²) >= 11 is 0. The first-order valence-electron chi connectivity index (χ1n) is 6.20. The Balaban J connectivity index is 0.00000200. The van der Waals surface area contributed by atoms with Crippen LogP contribution in [0.15, 0.2) is 48.5 Å². The summed E-state index contributed by atoms with van der Waals surface area (Å²) < 4.78 is 0. The van der Waals surface area contributed by atoms with Crippen LogP contribution in [0.3, 0.4) is 0 Å². The zero-order valence-corrected chi connectivity index (χ0v) is 12.1. The Morgan fingerprint density at radius 1 is 1.15 bits per heavy atom. The first kappa shape index (κ1) is 16.2. The van der Waals surface area contributed by atoms with E-state index in [1.807, 2.05) is 30.3 Å². The highest BCUT2D eigenvalue weighted by Crippen LogP contribution is 2.21. The topological polar surface area (TPSA) is 63.3 Å². The number of nitrogens with two attached hydrogens (primary N) is 1. The average Bonchev–Trinajstić information content (AvgIpc) is 2.39. The summed E-state index contributed by atoms with van der Waals surface area (Å²) in [5.41, 5.74) is 9.95. The van der Waals surface area contributed by atoms with Gasteiger partial charge in [-0.15, -0.1) is 12.4 Å². The van der Waals surface area contributed by atoms with Crippen molar-refractivity contribution in [3.05, 3.63) is 59.7 Å². The molecule has 0 aromatic heterocycles. The fourth-order valence-electron chi connectivity index (χ4n) is 2.00. The van der Waals surface area contributed by atoms with Gasteiger partial charge in [-0.3, -0.25) is 4.79 Å². The second-order valence-corrected chi connectivity index (χ2v) is 4.72. The summed E-state index contributed by atoms with van der Waals surface area (Å²) in [6.45, 7) is 2.06. The van der Waals surface area contributed by atoms with E-state index in [2.05, 4.69) is 25.1 Å². The highest BCUT2D eigenvalue weighted by molar-refractivity contribution is 5.85. The van der Waals surface area contributed by atoms with Crippen molar-refractivity contribution < 1.29 is 9.90 Å². The van der Waals surface area contributed by atoms with E-state index < -0.39 is 12.0 Å². The van der Waals surface area contributed by atoms with Crippen molar-refractivity contribution in [3.63, 3.8) is 0 Å². The third kappa shape index (κ3) is 4.08. The number of benzene rings is 2. The number of carboxylic acids is 1. The molecule has 0 fully saturated rings. The summed E-state index contributed by atoms with van der Waals surface area (Å²) in [7, 11) is 0. The lowest BCUT2D eigenvalue weighted by Gasteiger charge is -2.08. The average molecular weight is 292 g/mol. The summed E-state index contributed by atoms with van der Waals surface area (Å²) in [4.78, 5) is 10.7. The fraction of sp³-hybridized carbons (Fsp3) is 0.188. The third-order valence-corrected chi connectivity index (χ3v) is 3.08. The van der Waals surface area contributed by atoms with Gasteiger partial charge in [0.1, 0.15) is 6.04 Å². The van der Waals surface area contributed by atoms with Crippen LogP contribution in [-0.2, 0) is 11.2 Å². The smallest absolute Gasteiger partial charge is 0.320 e. The summed E-state index contributed by atoms with van der Waals surface area (Å²) in [6.07, 6.45) is 0.351. The molecule has 0 radical (unpaired) electrons. The number of aryl methyl sites for hydroxylation is 1. The van der Waals surface area contributed by atoms with Gasteiger partial charge in [0.15, 0.2) is 0 Å². The SMILES string of the molecule is Cc1cccc(-c2ccc(C[C@H](N)C(=O)O)cc2)c1.Cl. The van der Waals surface area contributed by atoms with Gasteiger partial charge in [0, 0.05) is 0 Å². The Hall–Kier alpha value is -1.84. The van der Waals surface area contributed by atoms with E-state index in [0.29, 0.717) is 6.42 Å². The van der Waals surface area contributed by atoms with Gasteiger partial charge in [-0.05, 0) is 30.0 Å². The Morgan fingerprint density at radius 2 is 1.80 bits per heavy atom. The molecule has 20 heavy (non-hydrogen) atoms. The molecule has 2 aromatic rings. The molecule has 0 saturated carbocycles. The second-order valence-electron chi connectivity index (χ2n) is 4.72. The molecule has 2 rings (SSSR count). The highest BCUT2D eigenvalue weighted by atomic mass is 35.5. The van der Waals surface area contributed by atoms with Crippen molar-refractivity contribution in [1.29, 1.82) is 0 Å². The number of hydrogen-bond donors (Lipinski definition) is 2. The number of rotatable bonds is 4. The molecule has 0 aliphatic rings. The van der Waals surface area contributed by atoms with Crippen LogP contribution < -0.4 is 5.73 Å². The minimum absolute atomic E-state index is 0. The number of halogens is 1. The maximum atomic E-state index is 10.7. The number of carboxylic acid groups (broad SMARTS) is 1. The van der Waals surface area contributed by atoms with Gasteiger partial charge in [-0.2, -0.15) is 0 Å². The van der Waals surface area contributed by atoms with E-state index in [1.165, 1.54) is 5.56 Å². The molecule has 0 aliphatic carbocycles. The zero-order valence-electron chi connectivity index (χ0n) is 11.2. The molecular formula is C16H18ClNO2. The minimum atomic E-state index is -0.970. The van der Waals surface area contributed by atoms with Gasteiger partial charge in [0.25, 0.3) is 0 Å². The van der Waals surface area contributed by atoms with Gasteiger partial charge in [-0.25, -0.2) is 0 Å². The van der Waals surface area contributed by atoms with Gasteiger partial charge in [0.05, 0.1) is 0 Å². The number of hydrogen-bond acceptors (Lipinski definition) is 2. The van der Waals surface area contributed by atoms with Crippen LogP contribution in [0.2, 0.25) is 0 Å². The predicted molar refractivity (Wildman–Crippen MR) is 83.2 cm³/mol. The van der Waals surface area contributed by atoms with Crippen molar-refractivity contribution in [3.8, 4) is 11.1 Å². The first-order chi connectivity index (χ1) is 9.06. The lowest BCUT2D eigenvalue weighted by atomic mass is 10.00. The van der Waals surface area contributed by atoms with E-state index >= 15 is 0 Å². The molecule has 3 N–H and O–H groups in total. The molecule has 0 amide bonds. The fourth-order valence-corrected chi connectivity index (χ4v) is 2.00. The molecule has 0 saturated heterocycles. The standard InChI is InChI=1S/C16H17NO2.ClH/c1-11-3-2-4-14(9-11)13-7-5-12(6-8-13)10-15(17)16(18)19;/h2-9,15H,10,17H2,1H3,(H,18,19);1H/t15-;/m0./s1. The molecule has 1 atom stereocenters. The van der Waals surface area contributed by atoms with Crippen molar-refractivity contribution in [2.75, 3.05) is 0 Å². The van der Waals surface area contributed by atoms with E-state index in [9.17, 15) is 4.79 Å². The maximum absolute atomic E-state index is 10.7. The third-order valence-electron chi connectivity index (χ3n) is 3.08. The molecule has 0 bridgehead atoms. The largest absolute Gasteiger partial charge is 0.480 e. The molecular weight excluding hydrogens is 274 g/mol. The van der Waals surface area contributed by atoms with Crippen molar-refractivity contribution in [2.45, 2.75) is 19.4 Å². The van der Waals surface area contributed by atoms with E-state index in [1.54, 1.807) is 0 Å². The summed E-state index contributed by atoms with van der Waals surface area (Å²) in [6, 6.07) is 15.3. The van der Waals surface area contributed by atoms with Crippen LogP contribution in [0.4, 0.5) is 0 Å². The van der Waals surface area contributed by atoms with Crippen LogP contribution >= 0.6 is 12.4 Å². The lowest BCUT2D eigenvalue weighted by Crippen LogP contribution is -2.32. The Kier molecular flexibility index (Phi) is 5.74. The monoisotopic (exact) mass is 291 g/mol. The molecule has 0 unspecified atom stereocenters. The van der Waals surface area contributed by atoms with Gasteiger partial charge >= 0.3 is 5.97 Å². The minimum Gasteiger partial charge on any atom is -0.480 e. The molecule has 2 aromatic carbocycles. The van der Waals surface area contributed by atoms with Crippen LogP contribution in [0.25, 0.3) is 11.1 Å². The van der Waals surface area contributed by atoms with Crippen LogP contribution in [0, 0.1) is 6.92 Å². The molecule has 0 aliphatic heterocycles. The van der Waals surface area contributed by atoms with Gasteiger partial charge < -0.3 is 10.8 Å². The number of carbonyl (C=O) groups is 1. The quantitative estimate of drug-likeness (QED) is 0.910. The van der Waals surface area contributed by atoms with Crippen molar-refractivity contribution in [2.24, 2.45) is 5.73 Å². The number of aliphatic carboxylic acids is 1. The van der Waals surface area contributed by atoms with Crippen molar-refractivity contribution >= 4 is 18.4 Å². The Morgan fingerprint density at radius 3 is 2.35 bits per heavy atom. The Bertz CT molecular complexity index is 581. The van der Waals surface area contributed by atoms with Gasteiger partial charge in [-0.1, -0.05) is 54.1 Å². The predicted octanol–water partition coefficient (Wildman–Crippen LogP) is 3.04. The van der Waals surface area contributed by atoms with Crippen LogP contribution in [0.1, 0.15) is 11.1 Å². The van der Waals surface area contributed by atoms with E-state index in [0.717, 1.165) is 16.7 Å². The molecule has 0 heterocycles. The second kappa shape index (κ2) is 7.08. The van der Waals surface area contributed by atoms with Crippen LogP contribution in [0.5, 0.6) is 0 Å². The molecule has 0 spiro atoms. The maximum Gasteiger partial charge on any atom is 0.320 e. The van der Waals surface area contributed by atoms with Crippen LogP contribution in [-0.4, -0.2) is 17.1 Å². The summed E-state index contributed by atoms with van der Waals surface area (Å²) in [5.74, 6) is -0.970. The van der Waals surface area contributed by atoms with Gasteiger partial charge in [0.2, 0.25) is 0 Å². The van der Waals surface area contributed by atoms with Crippen molar-refractivity contribution in [1.82, 2.24) is 0 Å². The Labute approximate surface area is 124 Å². The summed E-state index contributed by atoms with van der Waals surface area (Å²) in [5, 5.41) is 8.78. The van der Waals surface area contributed by atoms with E-state index in [-0.39, 0.29) is 12.4 Å². The molecule has 3 nitrogen and oxygen atoms in total. The molecule has 4 heteroatoms. The zero-order chi connectivity index (χ0) is 13.8. The van der Waals surface area contributed by atoms with E-state index in [4.69, 9.17) is 10.8 Å². The first-order valence-corrected chi connectivity index (χ1v) is 6.20.